The Balaban J connectivity index is 2.26. The van der Waals surface area contributed by atoms with Crippen LogP contribution in [0.2, 0.25) is 0 Å². The molecule has 2 aromatic heterocycles. The van der Waals surface area contributed by atoms with Gasteiger partial charge in [0.05, 0.1) is 5.69 Å². The quantitative estimate of drug-likeness (QED) is 0.767. The summed E-state index contributed by atoms with van der Waals surface area (Å²) >= 11 is 0. The molecule has 0 aliphatic rings. The van der Waals surface area contributed by atoms with Crippen LogP contribution in [0.3, 0.4) is 0 Å². The third-order valence-electron chi connectivity index (χ3n) is 2.86. The van der Waals surface area contributed by atoms with Crippen LogP contribution < -0.4 is 0 Å². The second-order valence-electron chi connectivity index (χ2n) is 4.05. The van der Waals surface area contributed by atoms with Gasteiger partial charge in [-0.1, -0.05) is 18.2 Å². The topological polar surface area (TPSA) is 54.6 Å². The summed E-state index contributed by atoms with van der Waals surface area (Å²) in [4.78, 5) is 15.4. The van der Waals surface area contributed by atoms with Gasteiger partial charge in [0, 0.05) is 11.8 Å². The number of hydrogen-bond donors (Lipinski definition) is 1. The molecule has 0 fully saturated rings. The number of aromatic nitrogens is 2. The van der Waals surface area contributed by atoms with E-state index in [1.807, 2.05) is 0 Å². The van der Waals surface area contributed by atoms with Crippen molar-refractivity contribution in [3.05, 3.63) is 60.2 Å². The molecule has 0 bridgehead atoms. The summed E-state index contributed by atoms with van der Waals surface area (Å²) in [6, 6.07) is 11.0. The molecular formula is C14H9FN2O2. The minimum Gasteiger partial charge on any atom is -0.477 e. The van der Waals surface area contributed by atoms with Gasteiger partial charge in [-0.15, -0.1) is 0 Å². The Morgan fingerprint density at radius 3 is 2.68 bits per heavy atom. The molecule has 0 saturated heterocycles. The molecular weight excluding hydrogens is 247 g/mol. The molecule has 19 heavy (non-hydrogen) atoms. The lowest BCUT2D eigenvalue weighted by atomic mass is 10.1. The minimum absolute atomic E-state index is 0.0904. The monoisotopic (exact) mass is 256 g/mol. The van der Waals surface area contributed by atoms with Gasteiger partial charge in [-0.3, -0.25) is 4.40 Å². The average Bonchev–Trinajstić information content (AvgIpc) is 2.82. The van der Waals surface area contributed by atoms with Crippen molar-refractivity contribution in [1.82, 2.24) is 9.38 Å². The molecule has 0 aliphatic carbocycles. The number of hydrogen-bond acceptors (Lipinski definition) is 2. The SMILES string of the molecule is O=C(O)c1cccc2nc(-c3ccccc3F)cn12. The Morgan fingerprint density at radius 2 is 1.95 bits per heavy atom. The Hall–Kier alpha value is -2.69. The second-order valence-corrected chi connectivity index (χ2v) is 4.05. The molecule has 2 heterocycles. The van der Waals surface area contributed by atoms with Gasteiger partial charge in [-0.25, -0.2) is 14.2 Å². The summed E-state index contributed by atoms with van der Waals surface area (Å²) in [6.45, 7) is 0. The lowest BCUT2D eigenvalue weighted by Gasteiger charge is -1.98. The number of pyridine rings is 1. The molecule has 1 aromatic carbocycles. The molecule has 0 spiro atoms. The molecule has 94 valence electrons. The molecule has 3 aromatic rings. The largest absolute Gasteiger partial charge is 0.477 e. The Bertz CT molecular complexity index is 780. The van der Waals surface area contributed by atoms with Crippen molar-refractivity contribution in [2.45, 2.75) is 0 Å². The smallest absolute Gasteiger partial charge is 0.352 e. The second kappa shape index (κ2) is 4.20. The van der Waals surface area contributed by atoms with Crippen molar-refractivity contribution in [3.8, 4) is 11.3 Å². The van der Waals surface area contributed by atoms with Crippen molar-refractivity contribution in [1.29, 1.82) is 0 Å². The van der Waals surface area contributed by atoms with E-state index in [9.17, 15) is 9.18 Å². The van der Waals surface area contributed by atoms with Crippen LogP contribution in [0, 0.1) is 5.82 Å². The number of imidazole rings is 1. The van der Waals surface area contributed by atoms with E-state index in [1.54, 1.807) is 30.3 Å². The van der Waals surface area contributed by atoms with Crippen molar-refractivity contribution >= 4 is 11.6 Å². The maximum absolute atomic E-state index is 13.7. The van der Waals surface area contributed by atoms with E-state index in [0.717, 1.165) is 0 Å². The average molecular weight is 256 g/mol. The van der Waals surface area contributed by atoms with Crippen LogP contribution in [0.4, 0.5) is 4.39 Å². The van der Waals surface area contributed by atoms with E-state index in [0.29, 0.717) is 16.9 Å². The summed E-state index contributed by atoms with van der Waals surface area (Å²) < 4.78 is 15.1. The highest BCUT2D eigenvalue weighted by Gasteiger charge is 2.13. The maximum atomic E-state index is 13.7. The number of carbonyl (C=O) groups is 1. The van der Waals surface area contributed by atoms with Crippen LogP contribution in [-0.2, 0) is 0 Å². The van der Waals surface area contributed by atoms with Crippen LogP contribution in [0.5, 0.6) is 0 Å². The van der Waals surface area contributed by atoms with Gasteiger partial charge in [0.15, 0.2) is 0 Å². The molecule has 1 N–H and O–H groups in total. The molecule has 3 rings (SSSR count). The van der Waals surface area contributed by atoms with Crippen molar-refractivity contribution in [3.63, 3.8) is 0 Å². The third kappa shape index (κ3) is 1.85. The van der Waals surface area contributed by atoms with Crippen molar-refractivity contribution in [2.24, 2.45) is 0 Å². The molecule has 0 aliphatic heterocycles. The Labute approximate surface area is 107 Å². The van der Waals surface area contributed by atoms with E-state index in [4.69, 9.17) is 5.11 Å². The van der Waals surface area contributed by atoms with E-state index >= 15 is 0 Å². The molecule has 0 unspecified atom stereocenters. The van der Waals surface area contributed by atoms with Gasteiger partial charge in [0.1, 0.15) is 17.2 Å². The first-order valence-corrected chi connectivity index (χ1v) is 5.63. The van der Waals surface area contributed by atoms with Crippen LogP contribution in [0.15, 0.2) is 48.7 Å². The van der Waals surface area contributed by atoms with Gasteiger partial charge in [-0.2, -0.15) is 0 Å². The molecule has 4 nitrogen and oxygen atoms in total. The lowest BCUT2D eigenvalue weighted by Crippen LogP contribution is -2.03. The van der Waals surface area contributed by atoms with E-state index < -0.39 is 5.97 Å². The first kappa shape index (κ1) is 11.4. The molecule has 0 saturated carbocycles. The summed E-state index contributed by atoms with van der Waals surface area (Å²) in [5.41, 5.74) is 1.32. The fourth-order valence-electron chi connectivity index (χ4n) is 1.98. The van der Waals surface area contributed by atoms with Gasteiger partial charge in [0.25, 0.3) is 0 Å². The maximum Gasteiger partial charge on any atom is 0.352 e. The minimum atomic E-state index is -1.05. The number of benzene rings is 1. The van der Waals surface area contributed by atoms with Gasteiger partial charge >= 0.3 is 5.97 Å². The van der Waals surface area contributed by atoms with Crippen LogP contribution in [-0.4, -0.2) is 20.5 Å². The van der Waals surface area contributed by atoms with E-state index in [1.165, 1.54) is 22.7 Å². The van der Waals surface area contributed by atoms with Crippen molar-refractivity contribution < 1.29 is 14.3 Å². The normalized spacial score (nSPS) is 10.8. The Morgan fingerprint density at radius 1 is 1.16 bits per heavy atom. The number of fused-ring (bicyclic) bond motifs is 1. The number of carboxylic acids is 1. The first-order chi connectivity index (χ1) is 9.16. The number of halogens is 1. The van der Waals surface area contributed by atoms with E-state index in [-0.39, 0.29) is 11.5 Å². The van der Waals surface area contributed by atoms with Gasteiger partial charge < -0.3 is 5.11 Å². The van der Waals surface area contributed by atoms with E-state index in [2.05, 4.69) is 4.98 Å². The van der Waals surface area contributed by atoms with Crippen LogP contribution >= 0.6 is 0 Å². The Kier molecular flexibility index (Phi) is 2.52. The zero-order valence-electron chi connectivity index (χ0n) is 9.75. The molecule has 0 amide bonds. The molecule has 5 heteroatoms. The summed E-state index contributed by atoms with van der Waals surface area (Å²) in [5, 5.41) is 9.09. The van der Waals surface area contributed by atoms with Crippen molar-refractivity contribution in [2.75, 3.05) is 0 Å². The number of nitrogens with zero attached hydrogens (tertiary/aromatic N) is 2. The highest BCUT2D eigenvalue weighted by atomic mass is 19.1. The zero-order chi connectivity index (χ0) is 13.4. The summed E-state index contributed by atoms with van der Waals surface area (Å²) in [7, 11) is 0. The summed E-state index contributed by atoms with van der Waals surface area (Å²) in [6.07, 6.45) is 1.52. The number of carboxylic acid groups (broad SMARTS) is 1. The zero-order valence-corrected chi connectivity index (χ0v) is 9.75. The van der Waals surface area contributed by atoms with Crippen LogP contribution in [0.1, 0.15) is 10.5 Å². The molecule has 0 radical (unpaired) electrons. The summed E-state index contributed by atoms with van der Waals surface area (Å²) in [5.74, 6) is -1.44. The van der Waals surface area contributed by atoms with Gasteiger partial charge in [0.2, 0.25) is 0 Å². The third-order valence-corrected chi connectivity index (χ3v) is 2.86. The fourth-order valence-corrected chi connectivity index (χ4v) is 1.98. The highest BCUT2D eigenvalue weighted by molar-refractivity contribution is 5.87. The number of aromatic carboxylic acids is 1. The number of rotatable bonds is 2. The fraction of sp³-hybridized carbons (Fsp3) is 0. The highest BCUT2D eigenvalue weighted by Crippen LogP contribution is 2.22. The lowest BCUT2D eigenvalue weighted by molar-refractivity contribution is 0.0689. The standard InChI is InChI=1S/C14H9FN2O2/c15-10-5-2-1-4-9(10)11-8-17-12(14(18)19)6-3-7-13(17)16-11/h1-8H,(H,18,19). The van der Waals surface area contributed by atoms with Gasteiger partial charge in [-0.05, 0) is 24.3 Å². The predicted molar refractivity (Wildman–Crippen MR) is 67.5 cm³/mol. The van der Waals surface area contributed by atoms with Crippen LogP contribution in [0.25, 0.3) is 16.9 Å². The predicted octanol–water partition coefficient (Wildman–Crippen LogP) is 2.84. The first-order valence-electron chi connectivity index (χ1n) is 5.63. The molecule has 0 atom stereocenters.